The van der Waals surface area contributed by atoms with Gasteiger partial charge in [0.15, 0.2) is 0 Å². The Morgan fingerprint density at radius 1 is 1.61 bits per heavy atom. The van der Waals surface area contributed by atoms with Gasteiger partial charge in [0.2, 0.25) is 5.91 Å². The molecule has 1 rings (SSSR count). The highest BCUT2D eigenvalue weighted by Crippen LogP contribution is 2.27. The first-order valence-corrected chi connectivity index (χ1v) is 7.24. The van der Waals surface area contributed by atoms with Crippen LogP contribution in [0.3, 0.4) is 0 Å². The van der Waals surface area contributed by atoms with Gasteiger partial charge >= 0.3 is 0 Å². The number of hydrogen-bond acceptors (Lipinski definition) is 4. The Labute approximate surface area is 116 Å². The number of thioether (sulfide) groups is 1. The highest BCUT2D eigenvalue weighted by atomic mass is 35.5. The monoisotopic (exact) mass is 288 g/mol. The van der Waals surface area contributed by atoms with E-state index in [9.17, 15) is 4.79 Å². The van der Waals surface area contributed by atoms with Crippen LogP contribution in [0.5, 0.6) is 5.75 Å². The van der Waals surface area contributed by atoms with Crippen molar-refractivity contribution in [2.75, 3.05) is 24.4 Å². The van der Waals surface area contributed by atoms with Crippen molar-refractivity contribution in [3.63, 3.8) is 0 Å². The van der Waals surface area contributed by atoms with Crippen LogP contribution in [0.4, 0.5) is 5.69 Å². The third-order valence-electron chi connectivity index (χ3n) is 2.39. The normalized spacial score (nSPS) is 12.0. The lowest BCUT2D eigenvalue weighted by molar-refractivity contribution is -0.117. The summed E-state index contributed by atoms with van der Waals surface area (Å²) < 4.78 is 5.03. The van der Waals surface area contributed by atoms with Crippen LogP contribution in [0.25, 0.3) is 0 Å². The van der Waals surface area contributed by atoms with Crippen molar-refractivity contribution in [1.82, 2.24) is 0 Å². The third-order valence-corrected chi connectivity index (χ3v) is 3.33. The number of benzene rings is 1. The molecule has 1 atom stereocenters. The molecule has 0 saturated heterocycles. The molecule has 0 aromatic heterocycles. The molecule has 0 bridgehead atoms. The van der Waals surface area contributed by atoms with Crippen molar-refractivity contribution in [1.29, 1.82) is 0 Å². The summed E-state index contributed by atoms with van der Waals surface area (Å²) in [5, 5.41) is 3.18. The van der Waals surface area contributed by atoms with Crippen molar-refractivity contribution in [2.45, 2.75) is 12.5 Å². The second-order valence-corrected chi connectivity index (χ2v) is 5.12. The van der Waals surface area contributed by atoms with Gasteiger partial charge in [0, 0.05) is 5.69 Å². The summed E-state index contributed by atoms with van der Waals surface area (Å²) in [5.41, 5.74) is 6.38. The fraction of sp³-hybridized carbons (Fsp3) is 0.417. The molecule has 4 nitrogen and oxygen atoms in total. The lowest BCUT2D eigenvalue weighted by atomic mass is 10.2. The molecule has 1 amide bonds. The largest absolute Gasteiger partial charge is 0.495 e. The molecular weight excluding hydrogens is 272 g/mol. The minimum atomic E-state index is -0.502. The van der Waals surface area contributed by atoms with Gasteiger partial charge in [0.05, 0.1) is 18.2 Å². The molecular formula is C12H17ClN2O2S. The number of hydrogen-bond donors (Lipinski definition) is 2. The van der Waals surface area contributed by atoms with Crippen molar-refractivity contribution in [3.8, 4) is 5.75 Å². The van der Waals surface area contributed by atoms with E-state index in [1.807, 2.05) is 6.26 Å². The molecule has 0 spiro atoms. The molecule has 3 N–H and O–H groups in total. The van der Waals surface area contributed by atoms with Crippen LogP contribution in [0.15, 0.2) is 18.2 Å². The molecule has 0 radical (unpaired) electrons. The predicted molar refractivity (Wildman–Crippen MR) is 77.6 cm³/mol. The van der Waals surface area contributed by atoms with E-state index in [-0.39, 0.29) is 5.91 Å². The zero-order valence-electron chi connectivity index (χ0n) is 10.4. The first kappa shape index (κ1) is 15.1. The van der Waals surface area contributed by atoms with E-state index in [4.69, 9.17) is 22.1 Å². The van der Waals surface area contributed by atoms with Gasteiger partial charge in [-0.05, 0) is 36.6 Å². The maximum atomic E-state index is 11.8. The van der Waals surface area contributed by atoms with E-state index in [2.05, 4.69) is 5.32 Å². The van der Waals surface area contributed by atoms with E-state index in [1.165, 1.54) is 7.11 Å². The van der Waals surface area contributed by atoms with Gasteiger partial charge in [-0.15, -0.1) is 0 Å². The zero-order chi connectivity index (χ0) is 13.5. The van der Waals surface area contributed by atoms with Crippen molar-refractivity contribution in [2.24, 2.45) is 5.73 Å². The van der Waals surface area contributed by atoms with E-state index < -0.39 is 6.04 Å². The number of nitrogens with one attached hydrogen (secondary N) is 1. The fourth-order valence-electron chi connectivity index (χ4n) is 1.36. The first-order chi connectivity index (χ1) is 8.58. The Hall–Kier alpha value is -0.910. The minimum absolute atomic E-state index is 0.203. The quantitative estimate of drug-likeness (QED) is 0.843. The number of carbonyl (C=O) groups is 1. The van der Waals surface area contributed by atoms with Crippen LogP contribution < -0.4 is 15.8 Å². The summed E-state index contributed by atoms with van der Waals surface area (Å²) in [5.74, 6) is 1.23. The van der Waals surface area contributed by atoms with Gasteiger partial charge in [-0.3, -0.25) is 4.79 Å². The number of nitrogens with two attached hydrogens (primary N) is 1. The minimum Gasteiger partial charge on any atom is -0.495 e. The van der Waals surface area contributed by atoms with Gasteiger partial charge in [0.25, 0.3) is 0 Å². The SMILES string of the molecule is COc1ccc(NC(=O)[C@@H](N)CCSC)cc1Cl. The number of amides is 1. The Morgan fingerprint density at radius 2 is 2.33 bits per heavy atom. The number of rotatable bonds is 6. The molecule has 0 unspecified atom stereocenters. The van der Waals surface area contributed by atoms with Gasteiger partial charge < -0.3 is 15.8 Å². The average molecular weight is 289 g/mol. The number of anilines is 1. The molecule has 0 aliphatic carbocycles. The lowest BCUT2D eigenvalue weighted by Crippen LogP contribution is -2.36. The van der Waals surface area contributed by atoms with Crippen LogP contribution >= 0.6 is 23.4 Å². The lowest BCUT2D eigenvalue weighted by Gasteiger charge is -2.12. The van der Waals surface area contributed by atoms with Crippen LogP contribution in [-0.4, -0.2) is 31.1 Å². The summed E-state index contributed by atoms with van der Waals surface area (Å²) in [6.07, 6.45) is 2.63. The van der Waals surface area contributed by atoms with Gasteiger partial charge in [-0.2, -0.15) is 11.8 Å². The molecule has 0 aliphatic rings. The van der Waals surface area contributed by atoms with Gasteiger partial charge in [-0.25, -0.2) is 0 Å². The molecule has 18 heavy (non-hydrogen) atoms. The highest BCUT2D eigenvalue weighted by molar-refractivity contribution is 7.98. The third kappa shape index (κ3) is 4.40. The standard InChI is InChI=1S/C12H17ClN2O2S/c1-17-11-4-3-8(7-9(11)13)15-12(16)10(14)5-6-18-2/h3-4,7,10H,5-6,14H2,1-2H3,(H,15,16)/t10-/m0/s1. The van der Waals surface area contributed by atoms with Crippen LogP contribution in [-0.2, 0) is 4.79 Å². The summed E-state index contributed by atoms with van der Waals surface area (Å²) in [6.45, 7) is 0. The van der Waals surface area contributed by atoms with E-state index in [0.717, 1.165) is 5.75 Å². The number of carbonyl (C=O) groups excluding carboxylic acids is 1. The summed E-state index contributed by atoms with van der Waals surface area (Å²) >= 11 is 7.63. The average Bonchev–Trinajstić information content (AvgIpc) is 2.36. The highest BCUT2D eigenvalue weighted by Gasteiger charge is 2.13. The fourth-order valence-corrected chi connectivity index (χ4v) is 2.10. The van der Waals surface area contributed by atoms with Gasteiger partial charge in [0.1, 0.15) is 5.75 Å². The molecule has 0 fully saturated rings. The van der Waals surface area contributed by atoms with Gasteiger partial charge in [-0.1, -0.05) is 11.6 Å². The Balaban J connectivity index is 2.61. The van der Waals surface area contributed by atoms with E-state index >= 15 is 0 Å². The number of halogens is 1. The Kier molecular flexibility index (Phi) is 6.32. The molecule has 0 aliphatic heterocycles. The molecule has 1 aromatic carbocycles. The van der Waals surface area contributed by atoms with Crippen LogP contribution in [0.2, 0.25) is 5.02 Å². The first-order valence-electron chi connectivity index (χ1n) is 5.47. The zero-order valence-corrected chi connectivity index (χ0v) is 12.0. The van der Waals surface area contributed by atoms with Crippen molar-refractivity contribution in [3.05, 3.63) is 23.2 Å². The molecule has 100 valence electrons. The van der Waals surface area contributed by atoms with E-state index in [1.54, 1.807) is 30.0 Å². The second-order valence-electron chi connectivity index (χ2n) is 3.73. The van der Waals surface area contributed by atoms with Crippen molar-refractivity contribution >= 4 is 35.0 Å². The molecule has 6 heteroatoms. The molecule has 0 heterocycles. The number of methoxy groups -OCH3 is 1. The predicted octanol–water partition coefficient (Wildman–Crippen LogP) is 2.37. The number of ether oxygens (including phenoxy) is 1. The Morgan fingerprint density at radius 3 is 2.89 bits per heavy atom. The van der Waals surface area contributed by atoms with Crippen molar-refractivity contribution < 1.29 is 9.53 Å². The molecule has 0 saturated carbocycles. The maximum absolute atomic E-state index is 11.8. The second kappa shape index (κ2) is 7.51. The van der Waals surface area contributed by atoms with Crippen LogP contribution in [0, 0.1) is 0 Å². The molecule has 1 aromatic rings. The van der Waals surface area contributed by atoms with E-state index in [0.29, 0.717) is 22.9 Å². The van der Waals surface area contributed by atoms with Crippen LogP contribution in [0.1, 0.15) is 6.42 Å². The smallest absolute Gasteiger partial charge is 0.241 e. The summed E-state index contributed by atoms with van der Waals surface area (Å²) in [6, 6.07) is 4.56. The Bertz CT molecular complexity index is 415. The summed E-state index contributed by atoms with van der Waals surface area (Å²) in [7, 11) is 1.54. The topological polar surface area (TPSA) is 64.3 Å². The maximum Gasteiger partial charge on any atom is 0.241 e. The summed E-state index contributed by atoms with van der Waals surface area (Å²) in [4.78, 5) is 11.8.